The van der Waals surface area contributed by atoms with Gasteiger partial charge in [0.1, 0.15) is 0 Å². The third-order valence-corrected chi connectivity index (χ3v) is 1.54. The molecule has 0 spiro atoms. The summed E-state index contributed by atoms with van der Waals surface area (Å²) < 4.78 is 0. The Morgan fingerprint density at radius 1 is 1.38 bits per heavy atom. The summed E-state index contributed by atoms with van der Waals surface area (Å²) in [7, 11) is 0. The molecule has 3 N–H and O–H groups in total. The van der Waals surface area contributed by atoms with E-state index >= 15 is 0 Å². The lowest BCUT2D eigenvalue weighted by molar-refractivity contribution is -0.122. The van der Waals surface area contributed by atoms with Crippen LogP contribution in [0.2, 0.25) is 0 Å². The number of primary amides is 1. The highest BCUT2D eigenvalue weighted by atomic mass is 35.5. The second-order valence-corrected chi connectivity index (χ2v) is 2.64. The minimum Gasteiger partial charge on any atom is -0.366 e. The van der Waals surface area contributed by atoms with E-state index in [9.17, 15) is 9.59 Å². The van der Waals surface area contributed by atoms with Crippen molar-refractivity contribution in [3.63, 3.8) is 0 Å². The summed E-state index contributed by atoms with van der Waals surface area (Å²) in [5.74, 6) is -0.762. The zero-order valence-electron chi connectivity index (χ0n) is 8.24. The number of carbonyl (C=O) groups is 2. The Bertz CT molecular complexity index is 369. The van der Waals surface area contributed by atoms with Crippen LogP contribution in [0.4, 0.5) is 5.69 Å². The molecule has 1 aromatic rings. The third-order valence-electron chi connectivity index (χ3n) is 1.54. The number of halogens is 1. The minimum absolute atomic E-state index is 0. The van der Waals surface area contributed by atoms with Gasteiger partial charge in [-0.2, -0.15) is 10.2 Å². The van der Waals surface area contributed by atoms with E-state index in [0.29, 0.717) is 12.1 Å². The maximum Gasteiger partial charge on any atom is 0.264 e. The first-order valence-corrected chi connectivity index (χ1v) is 4.19. The molecule has 1 rings (SSSR count). The van der Waals surface area contributed by atoms with Crippen molar-refractivity contribution in [2.24, 2.45) is 16.0 Å². The maximum absolute atomic E-state index is 10.8. The predicted octanol–water partition coefficient (Wildman–Crippen LogP) is 0.749. The molecular weight excluding hydrogens is 232 g/mol. The van der Waals surface area contributed by atoms with Gasteiger partial charge in [-0.05, 0) is 12.1 Å². The zero-order chi connectivity index (χ0) is 11.1. The molecule has 0 fully saturated rings. The van der Waals surface area contributed by atoms with Gasteiger partial charge in [-0.1, -0.05) is 18.2 Å². The summed E-state index contributed by atoms with van der Waals surface area (Å²) in [6.07, 6.45) is -0.776. The van der Waals surface area contributed by atoms with E-state index in [-0.39, 0.29) is 12.4 Å². The second kappa shape index (κ2) is 7.36. The minimum atomic E-state index is -1.12. The van der Waals surface area contributed by atoms with Crippen LogP contribution in [-0.2, 0) is 9.59 Å². The number of nitrogens with two attached hydrogens (primary N) is 1. The molecule has 1 atom stereocenters. The number of amides is 2. The fraction of sp³-hybridized carbons (Fsp3) is 0.111. The first-order valence-electron chi connectivity index (χ1n) is 4.19. The van der Waals surface area contributed by atoms with Crippen molar-refractivity contribution in [2.75, 3.05) is 0 Å². The van der Waals surface area contributed by atoms with E-state index in [4.69, 9.17) is 5.73 Å². The number of hydrogen-bond donors (Lipinski definition) is 2. The summed E-state index contributed by atoms with van der Waals surface area (Å²) in [4.78, 5) is 20.9. The van der Waals surface area contributed by atoms with Gasteiger partial charge in [0.05, 0.1) is 5.69 Å². The summed E-state index contributed by atoms with van der Waals surface area (Å²) in [6.45, 7) is 0. The van der Waals surface area contributed by atoms with Gasteiger partial charge in [0.2, 0.25) is 12.6 Å². The normalized spacial score (nSPS) is 11.5. The molecule has 0 aromatic heterocycles. The number of benzene rings is 1. The summed E-state index contributed by atoms with van der Waals surface area (Å²) in [5, 5.41) is 9.48. The standard InChI is InChI=1S/C9H10N4O2.ClH/c10-8(15)9(11-6-14)13-12-7-4-2-1-3-5-7;/h1-6,9H,(H2,10,15)(H,11,14);1H. The molecule has 7 heteroatoms. The van der Waals surface area contributed by atoms with Gasteiger partial charge in [-0.15, -0.1) is 12.4 Å². The second-order valence-electron chi connectivity index (χ2n) is 2.64. The van der Waals surface area contributed by atoms with E-state index < -0.39 is 12.1 Å². The van der Waals surface area contributed by atoms with Crippen LogP contribution in [0.15, 0.2) is 40.6 Å². The summed E-state index contributed by atoms with van der Waals surface area (Å²) in [5.41, 5.74) is 5.55. The van der Waals surface area contributed by atoms with Crippen molar-refractivity contribution >= 4 is 30.4 Å². The van der Waals surface area contributed by atoms with Gasteiger partial charge >= 0.3 is 0 Å². The predicted molar refractivity (Wildman–Crippen MR) is 60.4 cm³/mol. The molecule has 0 saturated heterocycles. The lowest BCUT2D eigenvalue weighted by atomic mass is 10.3. The molecule has 0 bridgehead atoms. The fourth-order valence-corrected chi connectivity index (χ4v) is 0.856. The first kappa shape index (κ1) is 14.1. The number of azo groups is 1. The SMILES string of the molecule is Cl.NC(=O)C(N=Nc1ccccc1)NC=O. The summed E-state index contributed by atoms with van der Waals surface area (Å²) >= 11 is 0. The Morgan fingerprint density at radius 2 is 2.00 bits per heavy atom. The van der Waals surface area contributed by atoms with E-state index in [1.54, 1.807) is 24.3 Å². The molecule has 0 radical (unpaired) electrons. The van der Waals surface area contributed by atoms with E-state index in [1.165, 1.54) is 0 Å². The molecule has 0 aliphatic carbocycles. The molecule has 0 saturated carbocycles. The smallest absolute Gasteiger partial charge is 0.264 e. The maximum atomic E-state index is 10.8. The molecular formula is C9H11ClN4O2. The van der Waals surface area contributed by atoms with Crippen molar-refractivity contribution in [3.05, 3.63) is 30.3 Å². The van der Waals surface area contributed by atoms with Crippen LogP contribution in [0.3, 0.4) is 0 Å². The van der Waals surface area contributed by atoms with Gasteiger partial charge in [0.25, 0.3) is 5.91 Å². The van der Waals surface area contributed by atoms with Crippen LogP contribution in [0.25, 0.3) is 0 Å². The molecule has 86 valence electrons. The van der Waals surface area contributed by atoms with Crippen molar-refractivity contribution < 1.29 is 9.59 Å². The van der Waals surface area contributed by atoms with Crippen molar-refractivity contribution in [1.82, 2.24) is 5.32 Å². The van der Waals surface area contributed by atoms with Crippen molar-refractivity contribution in [1.29, 1.82) is 0 Å². The van der Waals surface area contributed by atoms with Gasteiger partial charge in [0.15, 0.2) is 0 Å². The highest BCUT2D eigenvalue weighted by Gasteiger charge is 2.11. The van der Waals surface area contributed by atoms with Crippen LogP contribution in [0.1, 0.15) is 0 Å². The molecule has 16 heavy (non-hydrogen) atoms. The molecule has 1 unspecified atom stereocenters. The molecule has 0 aliphatic heterocycles. The topological polar surface area (TPSA) is 96.9 Å². The lowest BCUT2D eigenvalue weighted by Crippen LogP contribution is -2.38. The molecule has 1 aromatic carbocycles. The van der Waals surface area contributed by atoms with Gasteiger partial charge in [0, 0.05) is 0 Å². The van der Waals surface area contributed by atoms with Crippen LogP contribution >= 0.6 is 12.4 Å². The number of rotatable bonds is 5. The third kappa shape index (κ3) is 4.52. The Morgan fingerprint density at radius 3 is 2.50 bits per heavy atom. The number of nitrogens with zero attached hydrogens (tertiary/aromatic N) is 2. The summed E-state index contributed by atoms with van der Waals surface area (Å²) in [6, 6.07) is 8.81. The number of hydrogen-bond acceptors (Lipinski definition) is 4. The quantitative estimate of drug-likeness (QED) is 0.588. The highest BCUT2D eigenvalue weighted by Crippen LogP contribution is 2.10. The van der Waals surface area contributed by atoms with E-state index in [1.807, 2.05) is 6.07 Å². The Labute approximate surface area is 98.3 Å². The van der Waals surface area contributed by atoms with Crippen molar-refractivity contribution in [3.8, 4) is 0 Å². The van der Waals surface area contributed by atoms with Gasteiger partial charge < -0.3 is 11.1 Å². The van der Waals surface area contributed by atoms with E-state index in [0.717, 1.165) is 0 Å². The largest absolute Gasteiger partial charge is 0.366 e. The average molecular weight is 243 g/mol. The fourth-order valence-electron chi connectivity index (χ4n) is 0.856. The molecule has 6 nitrogen and oxygen atoms in total. The van der Waals surface area contributed by atoms with Crippen LogP contribution in [0, 0.1) is 0 Å². The zero-order valence-corrected chi connectivity index (χ0v) is 9.05. The van der Waals surface area contributed by atoms with E-state index in [2.05, 4.69) is 15.5 Å². The van der Waals surface area contributed by atoms with Crippen LogP contribution in [0.5, 0.6) is 0 Å². The highest BCUT2D eigenvalue weighted by molar-refractivity contribution is 5.85. The number of nitrogens with one attached hydrogen (secondary N) is 1. The Kier molecular flexibility index (Phi) is 6.46. The molecule has 0 heterocycles. The average Bonchev–Trinajstić information content (AvgIpc) is 2.25. The van der Waals surface area contributed by atoms with Crippen LogP contribution < -0.4 is 11.1 Å². The van der Waals surface area contributed by atoms with Crippen LogP contribution in [-0.4, -0.2) is 18.5 Å². The Balaban J connectivity index is 0.00000225. The van der Waals surface area contributed by atoms with Crippen molar-refractivity contribution in [2.45, 2.75) is 6.17 Å². The van der Waals surface area contributed by atoms with Gasteiger partial charge in [-0.25, -0.2) is 0 Å². The van der Waals surface area contributed by atoms with Gasteiger partial charge in [-0.3, -0.25) is 9.59 Å². The molecule has 0 aliphatic rings. The number of carbonyl (C=O) groups excluding carboxylic acids is 2. The molecule has 2 amide bonds. The monoisotopic (exact) mass is 242 g/mol. The Hall–Kier alpha value is -1.95. The first-order chi connectivity index (χ1) is 7.24. The lowest BCUT2D eigenvalue weighted by Gasteiger charge is -2.03.